The molecule has 0 aliphatic carbocycles. The number of halogens is 2. The molecule has 0 radical (unpaired) electrons. The van der Waals surface area contributed by atoms with Crippen molar-refractivity contribution in [3.05, 3.63) is 31.5 Å². The minimum atomic E-state index is -0.985. The van der Waals surface area contributed by atoms with Gasteiger partial charge in [-0.1, -0.05) is 0 Å². The molecule has 1 saturated heterocycles. The Morgan fingerprint density at radius 3 is 2.50 bits per heavy atom. The number of hydrogen-bond acceptors (Lipinski definition) is 6. The van der Waals surface area contributed by atoms with Crippen molar-refractivity contribution in [2.75, 3.05) is 6.61 Å². The highest BCUT2D eigenvalue weighted by molar-refractivity contribution is 9.11. The SMILES string of the molecule is CCOC(=O)C(C)N1C(=O)SC(=Cc2cc(Br)c(O)c(Br)c2)C1=O. The van der Waals surface area contributed by atoms with E-state index in [4.69, 9.17) is 4.74 Å². The van der Waals surface area contributed by atoms with Crippen molar-refractivity contribution in [1.29, 1.82) is 0 Å². The molecule has 24 heavy (non-hydrogen) atoms. The van der Waals surface area contributed by atoms with Gasteiger partial charge in [0, 0.05) is 0 Å². The molecule has 1 heterocycles. The lowest BCUT2D eigenvalue weighted by molar-refractivity contribution is -0.150. The van der Waals surface area contributed by atoms with Crippen LogP contribution >= 0.6 is 43.6 Å². The molecule has 6 nitrogen and oxygen atoms in total. The van der Waals surface area contributed by atoms with Crippen LogP contribution in [-0.4, -0.2) is 39.8 Å². The first kappa shape index (κ1) is 19.0. The normalized spacial score (nSPS) is 17.5. The average molecular weight is 479 g/mol. The van der Waals surface area contributed by atoms with Crippen molar-refractivity contribution in [2.45, 2.75) is 19.9 Å². The Bertz CT molecular complexity index is 726. The lowest BCUT2D eigenvalue weighted by Gasteiger charge is -2.19. The third-order valence-electron chi connectivity index (χ3n) is 3.18. The zero-order valence-electron chi connectivity index (χ0n) is 12.7. The summed E-state index contributed by atoms with van der Waals surface area (Å²) < 4.78 is 5.75. The van der Waals surface area contributed by atoms with Gasteiger partial charge in [0.1, 0.15) is 11.8 Å². The Kier molecular flexibility index (Phi) is 6.11. The highest BCUT2D eigenvalue weighted by Crippen LogP contribution is 2.37. The molecule has 1 aromatic rings. The smallest absolute Gasteiger partial charge is 0.329 e. The Morgan fingerprint density at radius 2 is 1.96 bits per heavy atom. The van der Waals surface area contributed by atoms with Gasteiger partial charge in [-0.05, 0) is 81.2 Å². The van der Waals surface area contributed by atoms with Gasteiger partial charge in [-0.3, -0.25) is 14.5 Å². The quantitative estimate of drug-likeness (QED) is 0.521. The predicted octanol–water partition coefficient (Wildman–Crippen LogP) is 3.91. The molecule has 0 aromatic heterocycles. The molecule has 1 aliphatic heterocycles. The first-order chi connectivity index (χ1) is 11.3. The molecule has 128 valence electrons. The van der Waals surface area contributed by atoms with Crippen molar-refractivity contribution in [1.82, 2.24) is 4.90 Å². The zero-order valence-corrected chi connectivity index (χ0v) is 16.7. The minimum absolute atomic E-state index is 0.0381. The number of ether oxygens (including phenoxy) is 1. The van der Waals surface area contributed by atoms with Gasteiger partial charge in [0.25, 0.3) is 11.1 Å². The number of esters is 1. The first-order valence-corrected chi connectivity index (χ1v) is 9.28. The Morgan fingerprint density at radius 1 is 1.38 bits per heavy atom. The summed E-state index contributed by atoms with van der Waals surface area (Å²) in [4.78, 5) is 37.4. The molecule has 1 aromatic carbocycles. The van der Waals surface area contributed by atoms with Gasteiger partial charge in [0.05, 0.1) is 20.5 Å². The zero-order chi connectivity index (χ0) is 18.0. The second-order valence-electron chi connectivity index (χ2n) is 4.81. The van der Waals surface area contributed by atoms with E-state index in [0.29, 0.717) is 14.5 Å². The lowest BCUT2D eigenvalue weighted by Crippen LogP contribution is -2.42. The summed E-state index contributed by atoms with van der Waals surface area (Å²) in [6.07, 6.45) is 1.53. The van der Waals surface area contributed by atoms with Crippen LogP contribution in [0.4, 0.5) is 4.79 Å². The molecule has 1 aliphatic rings. The number of imide groups is 1. The van der Waals surface area contributed by atoms with E-state index >= 15 is 0 Å². The number of carbonyl (C=O) groups is 3. The highest BCUT2D eigenvalue weighted by Gasteiger charge is 2.41. The van der Waals surface area contributed by atoms with Gasteiger partial charge in [-0.15, -0.1) is 0 Å². The van der Waals surface area contributed by atoms with Crippen LogP contribution in [0.2, 0.25) is 0 Å². The van der Waals surface area contributed by atoms with E-state index in [1.165, 1.54) is 13.0 Å². The number of amides is 2. The van der Waals surface area contributed by atoms with Crippen LogP contribution in [0.5, 0.6) is 5.75 Å². The molecule has 1 N–H and O–H groups in total. The molecular weight excluding hydrogens is 466 g/mol. The molecule has 1 unspecified atom stereocenters. The van der Waals surface area contributed by atoms with Gasteiger partial charge in [-0.2, -0.15) is 0 Å². The summed E-state index contributed by atoms with van der Waals surface area (Å²) in [6, 6.07) is 2.24. The third kappa shape index (κ3) is 3.84. The maximum Gasteiger partial charge on any atom is 0.329 e. The van der Waals surface area contributed by atoms with E-state index in [0.717, 1.165) is 16.7 Å². The summed E-state index contributed by atoms with van der Waals surface area (Å²) in [5.41, 5.74) is 0.612. The molecule has 0 spiro atoms. The summed E-state index contributed by atoms with van der Waals surface area (Å²) in [7, 11) is 0. The van der Waals surface area contributed by atoms with E-state index in [-0.39, 0.29) is 17.3 Å². The summed E-state index contributed by atoms with van der Waals surface area (Å²) in [5, 5.41) is 9.19. The van der Waals surface area contributed by atoms with Gasteiger partial charge in [-0.25, -0.2) is 4.79 Å². The highest BCUT2D eigenvalue weighted by atomic mass is 79.9. The number of nitrogens with zero attached hydrogens (tertiary/aromatic N) is 1. The Labute approximate surface area is 159 Å². The van der Waals surface area contributed by atoms with Gasteiger partial charge in [0.15, 0.2) is 0 Å². The first-order valence-electron chi connectivity index (χ1n) is 6.88. The number of rotatable bonds is 4. The van der Waals surface area contributed by atoms with Crippen molar-refractivity contribution in [2.24, 2.45) is 0 Å². The summed E-state index contributed by atoms with van der Waals surface area (Å²) in [5.74, 6) is -1.14. The molecule has 0 saturated carbocycles. The van der Waals surface area contributed by atoms with Crippen LogP contribution in [0.25, 0.3) is 6.08 Å². The summed E-state index contributed by atoms with van der Waals surface area (Å²) >= 11 is 7.16. The van der Waals surface area contributed by atoms with Crippen LogP contribution in [0, 0.1) is 0 Å². The fourth-order valence-electron chi connectivity index (χ4n) is 2.00. The maximum absolute atomic E-state index is 12.4. The number of hydrogen-bond donors (Lipinski definition) is 1. The Hall–Kier alpha value is -1.32. The number of phenols is 1. The van der Waals surface area contributed by atoms with Crippen molar-refractivity contribution in [3.63, 3.8) is 0 Å². The minimum Gasteiger partial charge on any atom is -0.506 e. The van der Waals surface area contributed by atoms with Crippen LogP contribution in [-0.2, 0) is 14.3 Å². The molecule has 2 rings (SSSR count). The topological polar surface area (TPSA) is 83.9 Å². The predicted molar refractivity (Wildman–Crippen MR) is 97.4 cm³/mol. The largest absolute Gasteiger partial charge is 0.506 e. The molecule has 0 bridgehead atoms. The van der Waals surface area contributed by atoms with Gasteiger partial charge < -0.3 is 9.84 Å². The number of thioether (sulfide) groups is 1. The fourth-order valence-corrected chi connectivity index (χ4v) is 4.13. The van der Waals surface area contributed by atoms with Crippen molar-refractivity contribution >= 4 is 66.8 Å². The number of carbonyl (C=O) groups excluding carboxylic acids is 3. The van der Waals surface area contributed by atoms with Crippen LogP contribution in [0.1, 0.15) is 19.4 Å². The third-order valence-corrected chi connectivity index (χ3v) is 5.27. The second kappa shape index (κ2) is 7.71. The number of aromatic hydroxyl groups is 1. The second-order valence-corrected chi connectivity index (χ2v) is 7.51. The van der Waals surface area contributed by atoms with E-state index in [9.17, 15) is 19.5 Å². The monoisotopic (exact) mass is 477 g/mol. The maximum atomic E-state index is 12.4. The molecule has 2 amide bonds. The van der Waals surface area contributed by atoms with E-state index < -0.39 is 23.2 Å². The van der Waals surface area contributed by atoms with Crippen LogP contribution < -0.4 is 0 Å². The van der Waals surface area contributed by atoms with Crippen molar-refractivity contribution in [3.8, 4) is 5.75 Å². The van der Waals surface area contributed by atoms with Gasteiger partial charge in [0.2, 0.25) is 0 Å². The summed E-state index contributed by atoms with van der Waals surface area (Å²) in [6.45, 7) is 3.27. The van der Waals surface area contributed by atoms with E-state index in [2.05, 4.69) is 31.9 Å². The number of phenolic OH excluding ortho intramolecular Hbond substituents is 1. The van der Waals surface area contributed by atoms with Crippen LogP contribution in [0.3, 0.4) is 0 Å². The standard InChI is InChI=1S/C15H13Br2NO5S/c1-3-23-14(21)7(2)18-13(20)11(24-15(18)22)6-8-4-9(16)12(19)10(17)5-8/h4-7,19H,3H2,1-2H3. The van der Waals surface area contributed by atoms with Crippen molar-refractivity contribution < 1.29 is 24.2 Å². The molecule has 1 atom stereocenters. The molecular formula is C15H13Br2NO5S. The van der Waals surface area contributed by atoms with Gasteiger partial charge >= 0.3 is 5.97 Å². The average Bonchev–Trinajstić information content (AvgIpc) is 2.78. The Balaban J connectivity index is 2.30. The van der Waals surface area contributed by atoms with E-state index in [1.54, 1.807) is 19.1 Å². The molecule has 9 heteroatoms. The molecule has 1 fully saturated rings. The fraction of sp³-hybridized carbons (Fsp3) is 0.267. The van der Waals surface area contributed by atoms with E-state index in [1.807, 2.05) is 0 Å². The lowest BCUT2D eigenvalue weighted by atomic mass is 10.2. The number of benzene rings is 1. The van der Waals surface area contributed by atoms with Crippen LogP contribution in [0.15, 0.2) is 26.0 Å².